The molecule has 0 aromatic heterocycles. The van der Waals surface area contributed by atoms with Gasteiger partial charge in [0.05, 0.1) is 0 Å². The maximum Gasteiger partial charge on any atom is 0.332 e. The molecule has 0 atom stereocenters. The minimum Gasteiger partial charge on any atom is -0.458 e. The van der Waals surface area contributed by atoms with Gasteiger partial charge in [-0.2, -0.15) is 0 Å². The third kappa shape index (κ3) is 6.64. The summed E-state index contributed by atoms with van der Waals surface area (Å²) in [7, 11) is 0. The summed E-state index contributed by atoms with van der Waals surface area (Å²) in [4.78, 5) is 10.7. The third-order valence-electron chi connectivity index (χ3n) is 0.903. The summed E-state index contributed by atoms with van der Waals surface area (Å²) in [6.07, 6.45) is 4.81. The van der Waals surface area contributed by atoms with E-state index >= 15 is 0 Å². The van der Waals surface area contributed by atoms with E-state index in [0.29, 0.717) is 12.3 Å². The molecule has 0 heterocycles. The van der Waals surface area contributed by atoms with Gasteiger partial charge in [0.25, 0.3) is 0 Å². The molecule has 0 saturated carbocycles. The van der Waals surface area contributed by atoms with E-state index < -0.39 is 5.97 Å². The van der Waals surface area contributed by atoms with Crippen molar-refractivity contribution in [2.45, 2.75) is 13.8 Å². The van der Waals surface area contributed by atoms with Crippen LogP contribution in [-0.2, 0) is 9.53 Å². The first-order chi connectivity index (χ1) is 5.16. The molecule has 0 aliphatic carbocycles. The third-order valence-corrected chi connectivity index (χ3v) is 0.903. The number of carbonyl (C=O) groups is 1. The largest absolute Gasteiger partial charge is 0.458 e. The lowest BCUT2D eigenvalue weighted by Gasteiger charge is -1.95. The Morgan fingerprint density at radius 1 is 1.64 bits per heavy atom. The summed E-state index contributed by atoms with van der Waals surface area (Å²) < 4.78 is 4.71. The molecule has 3 nitrogen and oxygen atoms in total. The number of nitrogens with two attached hydrogens (primary N) is 1. The summed E-state index contributed by atoms with van der Waals surface area (Å²) in [5.41, 5.74) is 5.69. The predicted octanol–water partition coefficient (Wildman–Crippen LogP) is 0.968. The van der Waals surface area contributed by atoms with E-state index in [1.165, 1.54) is 6.08 Å². The molecule has 0 unspecified atom stereocenters. The van der Waals surface area contributed by atoms with Crippen LogP contribution in [0.15, 0.2) is 23.9 Å². The second kappa shape index (κ2) is 5.53. The van der Waals surface area contributed by atoms with Crippen LogP contribution in [0.5, 0.6) is 0 Å². The lowest BCUT2D eigenvalue weighted by Crippen LogP contribution is -2.03. The summed E-state index contributed by atoms with van der Waals surface area (Å²) in [6.45, 7) is 3.80. The van der Waals surface area contributed by atoms with Crippen molar-refractivity contribution in [2.24, 2.45) is 5.73 Å². The quantitative estimate of drug-likeness (QED) is 0.375. The van der Waals surface area contributed by atoms with E-state index in [1.54, 1.807) is 13.0 Å². The average molecular weight is 155 g/mol. The monoisotopic (exact) mass is 155 g/mol. The van der Waals surface area contributed by atoms with Gasteiger partial charge in [0, 0.05) is 11.8 Å². The molecule has 0 radical (unpaired) electrons. The lowest BCUT2D eigenvalue weighted by molar-refractivity contribution is -0.136. The van der Waals surface area contributed by atoms with Crippen molar-refractivity contribution >= 4 is 5.97 Å². The minimum atomic E-state index is -0.400. The van der Waals surface area contributed by atoms with Crippen molar-refractivity contribution in [1.29, 1.82) is 0 Å². The Labute approximate surface area is 66.5 Å². The van der Waals surface area contributed by atoms with Crippen molar-refractivity contribution in [1.82, 2.24) is 0 Å². The number of rotatable bonds is 3. The smallest absolute Gasteiger partial charge is 0.332 e. The van der Waals surface area contributed by atoms with Gasteiger partial charge in [0.15, 0.2) is 0 Å². The van der Waals surface area contributed by atoms with Crippen LogP contribution < -0.4 is 5.73 Å². The molecule has 11 heavy (non-hydrogen) atoms. The topological polar surface area (TPSA) is 52.3 Å². The highest BCUT2D eigenvalue weighted by Crippen LogP contribution is 1.85. The SMILES string of the molecule is C/C=C/COC(=O)/C=C(/C)N. The molecule has 0 bridgehead atoms. The van der Waals surface area contributed by atoms with Gasteiger partial charge < -0.3 is 10.5 Å². The van der Waals surface area contributed by atoms with Gasteiger partial charge >= 0.3 is 5.97 Å². The standard InChI is InChI=1S/C8H13NO2/c1-3-4-5-11-8(10)6-7(2)9/h3-4,6H,5,9H2,1-2H3/b4-3+,7-6-. The second-order valence-electron chi connectivity index (χ2n) is 2.09. The number of hydrogen-bond acceptors (Lipinski definition) is 3. The molecular formula is C8H13NO2. The summed E-state index contributed by atoms with van der Waals surface area (Å²) in [5, 5.41) is 0. The minimum absolute atomic E-state index is 0.305. The van der Waals surface area contributed by atoms with Crippen LogP contribution in [0.3, 0.4) is 0 Å². The van der Waals surface area contributed by atoms with Crippen molar-refractivity contribution in [2.75, 3.05) is 6.61 Å². The average Bonchev–Trinajstić information content (AvgIpc) is 1.86. The van der Waals surface area contributed by atoms with Gasteiger partial charge in [-0.3, -0.25) is 0 Å². The van der Waals surface area contributed by atoms with Crippen LogP contribution in [0.4, 0.5) is 0 Å². The maximum absolute atomic E-state index is 10.7. The van der Waals surface area contributed by atoms with Crippen LogP contribution in [0.2, 0.25) is 0 Å². The van der Waals surface area contributed by atoms with E-state index in [2.05, 4.69) is 0 Å². The molecule has 0 aromatic carbocycles. The molecule has 0 rings (SSSR count). The Morgan fingerprint density at radius 2 is 2.27 bits per heavy atom. The molecule has 0 saturated heterocycles. The van der Waals surface area contributed by atoms with Gasteiger partial charge in [-0.05, 0) is 13.8 Å². The number of carbonyl (C=O) groups excluding carboxylic acids is 1. The van der Waals surface area contributed by atoms with Crippen LogP contribution in [-0.4, -0.2) is 12.6 Å². The Hall–Kier alpha value is -1.25. The van der Waals surface area contributed by atoms with Gasteiger partial charge in [-0.25, -0.2) is 4.79 Å². The highest BCUT2D eigenvalue weighted by Gasteiger charge is 1.93. The Bertz CT molecular complexity index is 179. The molecule has 0 aromatic rings. The molecule has 62 valence electrons. The molecule has 3 heteroatoms. The first-order valence-corrected chi connectivity index (χ1v) is 3.38. The van der Waals surface area contributed by atoms with Crippen molar-refractivity contribution in [3.8, 4) is 0 Å². The molecule has 0 aliphatic rings. The fraction of sp³-hybridized carbons (Fsp3) is 0.375. The molecular weight excluding hydrogens is 142 g/mol. The predicted molar refractivity (Wildman–Crippen MR) is 43.7 cm³/mol. The van der Waals surface area contributed by atoms with Crippen LogP contribution >= 0.6 is 0 Å². The molecule has 0 aliphatic heterocycles. The number of ether oxygens (including phenoxy) is 1. The Morgan fingerprint density at radius 3 is 2.73 bits per heavy atom. The number of esters is 1. The van der Waals surface area contributed by atoms with E-state index in [0.717, 1.165) is 0 Å². The van der Waals surface area contributed by atoms with Crippen LogP contribution in [0, 0.1) is 0 Å². The zero-order chi connectivity index (χ0) is 8.69. The highest BCUT2D eigenvalue weighted by atomic mass is 16.5. The van der Waals surface area contributed by atoms with Crippen molar-refractivity contribution in [3.05, 3.63) is 23.9 Å². The first-order valence-electron chi connectivity index (χ1n) is 3.38. The lowest BCUT2D eigenvalue weighted by atomic mass is 10.4. The van der Waals surface area contributed by atoms with Crippen molar-refractivity contribution < 1.29 is 9.53 Å². The van der Waals surface area contributed by atoms with Crippen LogP contribution in [0.1, 0.15) is 13.8 Å². The number of hydrogen-bond donors (Lipinski definition) is 1. The summed E-state index contributed by atoms with van der Waals surface area (Å²) in [6, 6.07) is 0. The van der Waals surface area contributed by atoms with Crippen LogP contribution in [0.25, 0.3) is 0 Å². The Kier molecular flexibility index (Phi) is 4.90. The normalized spacial score (nSPS) is 12.0. The fourth-order valence-corrected chi connectivity index (χ4v) is 0.454. The summed E-state index contributed by atoms with van der Waals surface area (Å²) in [5.74, 6) is -0.400. The van der Waals surface area contributed by atoms with E-state index in [4.69, 9.17) is 10.5 Å². The van der Waals surface area contributed by atoms with Gasteiger partial charge in [0.1, 0.15) is 6.61 Å². The summed E-state index contributed by atoms with van der Waals surface area (Å²) >= 11 is 0. The number of allylic oxidation sites excluding steroid dienone is 2. The van der Waals surface area contributed by atoms with Gasteiger partial charge in [-0.1, -0.05) is 12.2 Å². The molecule has 0 fully saturated rings. The zero-order valence-corrected chi connectivity index (χ0v) is 6.83. The van der Waals surface area contributed by atoms with Gasteiger partial charge in [0.2, 0.25) is 0 Å². The van der Waals surface area contributed by atoms with Gasteiger partial charge in [-0.15, -0.1) is 0 Å². The first kappa shape index (κ1) is 9.75. The van der Waals surface area contributed by atoms with E-state index in [1.807, 2.05) is 13.0 Å². The molecule has 0 amide bonds. The molecule has 0 spiro atoms. The second-order valence-corrected chi connectivity index (χ2v) is 2.09. The Balaban J connectivity index is 3.62. The highest BCUT2D eigenvalue weighted by molar-refractivity contribution is 5.82. The maximum atomic E-state index is 10.7. The van der Waals surface area contributed by atoms with E-state index in [-0.39, 0.29) is 0 Å². The fourth-order valence-electron chi connectivity index (χ4n) is 0.454. The van der Waals surface area contributed by atoms with E-state index in [9.17, 15) is 4.79 Å². The molecule has 2 N–H and O–H groups in total. The van der Waals surface area contributed by atoms with Crippen molar-refractivity contribution in [3.63, 3.8) is 0 Å². The zero-order valence-electron chi connectivity index (χ0n) is 6.83.